The van der Waals surface area contributed by atoms with Gasteiger partial charge in [0.2, 0.25) is 0 Å². The Balaban J connectivity index is 1.45. The van der Waals surface area contributed by atoms with Gasteiger partial charge in [0.15, 0.2) is 0 Å². The van der Waals surface area contributed by atoms with Crippen LogP contribution >= 0.6 is 0 Å². The summed E-state index contributed by atoms with van der Waals surface area (Å²) in [6.07, 6.45) is 4.51. The number of nitrogens with zero attached hydrogens (tertiary/aromatic N) is 5. The number of likely N-dealkylation sites (tertiary alicyclic amines) is 1. The van der Waals surface area contributed by atoms with Crippen LogP contribution in [0.25, 0.3) is 11.0 Å². The Morgan fingerprint density at radius 1 is 1.06 bits per heavy atom. The number of fused-ring (bicyclic) bond motifs is 1. The van der Waals surface area contributed by atoms with E-state index in [0.717, 1.165) is 73.6 Å². The third kappa shape index (κ3) is 3.81. The quantitative estimate of drug-likeness (QED) is 0.690. The van der Waals surface area contributed by atoms with E-state index in [-0.39, 0.29) is 17.9 Å². The number of aryl methyl sites for hydroxylation is 1. The molecule has 0 aliphatic carbocycles. The van der Waals surface area contributed by atoms with Gasteiger partial charge in [-0.1, -0.05) is 6.07 Å². The van der Waals surface area contributed by atoms with Crippen molar-refractivity contribution in [2.24, 2.45) is 0 Å². The fourth-order valence-corrected chi connectivity index (χ4v) is 5.18. The zero-order valence-corrected chi connectivity index (χ0v) is 18.6. The molecule has 3 aromatic rings. The number of piperazine rings is 1. The molecule has 1 N–H and O–H groups in total. The normalized spacial score (nSPS) is 23.5. The molecule has 2 aliphatic heterocycles. The van der Waals surface area contributed by atoms with Gasteiger partial charge in [0.1, 0.15) is 17.2 Å². The standard InChI is InChI=1S/C24H31FN6/c1-16-14-17(25)15-26-22(16)19-7-5-9-21(30(19)3)24-27-18-6-4-8-20(23(18)28-24)31-12-10-29(2)11-13-31/h4,6,8,14-15,19,21H,5,7,9-13H2,1-3H3,(H,27,28)/t19-,21+/m0/s1. The Morgan fingerprint density at radius 2 is 1.84 bits per heavy atom. The zero-order chi connectivity index (χ0) is 21.5. The first-order valence-corrected chi connectivity index (χ1v) is 11.3. The highest BCUT2D eigenvalue weighted by molar-refractivity contribution is 5.89. The predicted octanol–water partition coefficient (Wildman–Crippen LogP) is 4.06. The van der Waals surface area contributed by atoms with Crippen LogP contribution in [0.2, 0.25) is 0 Å². The molecule has 0 bridgehead atoms. The van der Waals surface area contributed by atoms with E-state index in [2.05, 4.69) is 57.0 Å². The minimum absolute atomic E-state index is 0.171. The summed E-state index contributed by atoms with van der Waals surface area (Å²) in [5, 5.41) is 0. The zero-order valence-electron chi connectivity index (χ0n) is 18.6. The lowest BCUT2D eigenvalue weighted by atomic mass is 9.92. The minimum atomic E-state index is -0.273. The SMILES string of the molecule is Cc1cc(F)cnc1[C@@H]1CCC[C@H](c2nc3c(N4CCN(C)CC4)cccc3[nH]2)N1C. The van der Waals surface area contributed by atoms with Gasteiger partial charge in [-0.25, -0.2) is 9.37 Å². The summed E-state index contributed by atoms with van der Waals surface area (Å²) in [4.78, 5) is 20.4. The van der Waals surface area contributed by atoms with Crippen LogP contribution in [0.3, 0.4) is 0 Å². The summed E-state index contributed by atoms with van der Waals surface area (Å²) >= 11 is 0. The third-order valence-electron chi connectivity index (χ3n) is 7.01. The van der Waals surface area contributed by atoms with E-state index >= 15 is 0 Å². The molecule has 31 heavy (non-hydrogen) atoms. The molecule has 0 spiro atoms. The number of benzene rings is 1. The second-order valence-corrected chi connectivity index (χ2v) is 9.07. The van der Waals surface area contributed by atoms with Crippen molar-refractivity contribution in [2.45, 2.75) is 38.3 Å². The topological polar surface area (TPSA) is 51.3 Å². The molecule has 164 valence electrons. The molecular weight excluding hydrogens is 391 g/mol. The second kappa shape index (κ2) is 8.20. The first kappa shape index (κ1) is 20.4. The van der Waals surface area contributed by atoms with Gasteiger partial charge >= 0.3 is 0 Å². The summed E-state index contributed by atoms with van der Waals surface area (Å²) < 4.78 is 13.6. The molecule has 0 amide bonds. The maximum atomic E-state index is 13.6. The van der Waals surface area contributed by atoms with Crippen LogP contribution in [0.4, 0.5) is 10.1 Å². The Hall–Kier alpha value is -2.51. The van der Waals surface area contributed by atoms with E-state index < -0.39 is 0 Å². The van der Waals surface area contributed by atoms with Crippen molar-refractivity contribution in [3.8, 4) is 0 Å². The van der Waals surface area contributed by atoms with Gasteiger partial charge in [0, 0.05) is 26.2 Å². The molecule has 1 aromatic carbocycles. The van der Waals surface area contributed by atoms with Crippen LogP contribution in [0.5, 0.6) is 0 Å². The van der Waals surface area contributed by atoms with Gasteiger partial charge in [-0.05, 0) is 64.0 Å². The van der Waals surface area contributed by atoms with E-state index in [1.165, 1.54) is 11.9 Å². The Labute approximate surface area is 183 Å². The summed E-state index contributed by atoms with van der Waals surface area (Å²) in [5.41, 5.74) is 5.27. The maximum absolute atomic E-state index is 13.6. The van der Waals surface area contributed by atoms with Crippen molar-refractivity contribution in [3.05, 3.63) is 53.4 Å². The predicted molar refractivity (Wildman–Crippen MR) is 122 cm³/mol. The molecule has 2 saturated heterocycles. The van der Waals surface area contributed by atoms with Crippen LogP contribution < -0.4 is 4.90 Å². The molecule has 2 fully saturated rings. The number of aromatic nitrogens is 3. The average molecular weight is 423 g/mol. The maximum Gasteiger partial charge on any atom is 0.141 e. The molecule has 7 heteroatoms. The van der Waals surface area contributed by atoms with Gasteiger partial charge in [0.05, 0.1) is 35.2 Å². The Morgan fingerprint density at radius 3 is 2.61 bits per heavy atom. The molecule has 0 radical (unpaired) electrons. The third-order valence-corrected chi connectivity index (χ3v) is 7.01. The molecule has 2 atom stereocenters. The van der Waals surface area contributed by atoms with Crippen molar-refractivity contribution in [2.75, 3.05) is 45.2 Å². The van der Waals surface area contributed by atoms with Crippen molar-refractivity contribution in [1.82, 2.24) is 24.8 Å². The number of nitrogens with one attached hydrogen (secondary N) is 1. The minimum Gasteiger partial charge on any atom is -0.367 e. The molecule has 2 aromatic heterocycles. The van der Waals surface area contributed by atoms with E-state index in [4.69, 9.17) is 4.98 Å². The number of H-pyrrole nitrogens is 1. The molecule has 4 heterocycles. The molecule has 5 rings (SSSR count). The van der Waals surface area contributed by atoms with Crippen molar-refractivity contribution >= 4 is 16.7 Å². The number of likely N-dealkylation sites (N-methyl/N-ethyl adjacent to an activating group) is 1. The smallest absolute Gasteiger partial charge is 0.141 e. The number of halogens is 1. The van der Waals surface area contributed by atoms with Crippen molar-refractivity contribution < 1.29 is 4.39 Å². The fourth-order valence-electron chi connectivity index (χ4n) is 5.18. The van der Waals surface area contributed by atoms with Gasteiger partial charge in [-0.3, -0.25) is 9.88 Å². The van der Waals surface area contributed by atoms with Gasteiger partial charge in [0.25, 0.3) is 0 Å². The van der Waals surface area contributed by atoms with E-state index in [1.807, 2.05) is 6.92 Å². The van der Waals surface area contributed by atoms with Gasteiger partial charge < -0.3 is 14.8 Å². The number of hydrogen-bond acceptors (Lipinski definition) is 5. The first-order chi connectivity index (χ1) is 15.0. The lowest BCUT2D eigenvalue weighted by Crippen LogP contribution is -2.44. The second-order valence-electron chi connectivity index (χ2n) is 9.07. The molecule has 0 saturated carbocycles. The largest absolute Gasteiger partial charge is 0.367 e. The van der Waals surface area contributed by atoms with Crippen molar-refractivity contribution in [1.29, 1.82) is 0 Å². The van der Waals surface area contributed by atoms with E-state index in [1.54, 1.807) is 6.07 Å². The van der Waals surface area contributed by atoms with Gasteiger partial charge in [-0.2, -0.15) is 0 Å². The summed E-state index contributed by atoms with van der Waals surface area (Å²) in [6, 6.07) is 8.39. The lowest BCUT2D eigenvalue weighted by Gasteiger charge is -2.38. The first-order valence-electron chi connectivity index (χ1n) is 11.3. The monoisotopic (exact) mass is 422 g/mol. The van der Waals surface area contributed by atoms with E-state index in [0.29, 0.717) is 0 Å². The number of para-hydroxylation sites is 1. The number of piperidine rings is 1. The molecule has 0 unspecified atom stereocenters. The summed E-state index contributed by atoms with van der Waals surface area (Å²) in [5.74, 6) is 0.744. The number of imidazole rings is 1. The molecular formula is C24H31FN6. The van der Waals surface area contributed by atoms with Crippen LogP contribution in [-0.2, 0) is 0 Å². The Bertz CT molecular complexity index is 1070. The highest BCUT2D eigenvalue weighted by Gasteiger charge is 2.33. The number of hydrogen-bond donors (Lipinski definition) is 1. The fraction of sp³-hybridized carbons (Fsp3) is 0.500. The summed E-state index contributed by atoms with van der Waals surface area (Å²) in [7, 11) is 4.32. The molecule has 2 aliphatic rings. The highest BCUT2D eigenvalue weighted by atomic mass is 19.1. The van der Waals surface area contributed by atoms with Crippen molar-refractivity contribution in [3.63, 3.8) is 0 Å². The Kier molecular flexibility index (Phi) is 5.40. The van der Waals surface area contributed by atoms with E-state index in [9.17, 15) is 4.39 Å². The summed E-state index contributed by atoms with van der Waals surface area (Å²) in [6.45, 7) is 6.15. The molecule has 6 nitrogen and oxygen atoms in total. The number of rotatable bonds is 3. The number of pyridine rings is 1. The van der Waals surface area contributed by atoms with Crippen LogP contribution in [-0.4, -0.2) is 65.0 Å². The number of anilines is 1. The van der Waals surface area contributed by atoms with Gasteiger partial charge in [-0.15, -0.1) is 0 Å². The van der Waals surface area contributed by atoms with Crippen LogP contribution in [0.15, 0.2) is 30.5 Å². The number of aromatic amines is 1. The van der Waals surface area contributed by atoms with Crippen LogP contribution in [0, 0.1) is 12.7 Å². The highest BCUT2D eigenvalue weighted by Crippen LogP contribution is 2.40. The average Bonchev–Trinajstić information content (AvgIpc) is 3.19. The van der Waals surface area contributed by atoms with Crippen LogP contribution in [0.1, 0.15) is 48.4 Å². The lowest BCUT2D eigenvalue weighted by molar-refractivity contribution is 0.107.